The summed E-state index contributed by atoms with van der Waals surface area (Å²) in [5.41, 5.74) is 0.893. The van der Waals surface area contributed by atoms with Crippen LogP contribution in [-0.4, -0.2) is 11.3 Å². The molecule has 74 valence electrons. The van der Waals surface area contributed by atoms with Gasteiger partial charge in [0.05, 0.1) is 4.92 Å². The smallest absolute Gasteiger partial charge is 0.288 e. The fourth-order valence-corrected chi connectivity index (χ4v) is 1.26. The highest BCUT2D eigenvalue weighted by atomic mass is 35.5. The normalized spacial score (nSPS) is 9.57. The second-order valence-electron chi connectivity index (χ2n) is 2.64. The van der Waals surface area contributed by atoms with E-state index in [2.05, 4.69) is 5.32 Å². The van der Waals surface area contributed by atoms with Gasteiger partial charge in [0.2, 0.25) is 6.41 Å². The number of nitro benzene ring substituents is 1. The number of nitrogens with zero attached hydrogens (tertiary/aromatic N) is 1. The lowest BCUT2D eigenvalue weighted by Crippen LogP contribution is -1.98. The molecular weight excluding hydrogens is 208 g/mol. The van der Waals surface area contributed by atoms with Gasteiger partial charge in [-0.05, 0) is 18.6 Å². The molecule has 0 atom stereocenters. The molecule has 1 aromatic rings. The van der Waals surface area contributed by atoms with Gasteiger partial charge in [0.25, 0.3) is 5.69 Å². The summed E-state index contributed by atoms with van der Waals surface area (Å²) < 4.78 is 0. The van der Waals surface area contributed by atoms with Crippen LogP contribution in [0.2, 0.25) is 5.02 Å². The summed E-state index contributed by atoms with van der Waals surface area (Å²) in [6.45, 7) is 1.65. The van der Waals surface area contributed by atoms with Crippen molar-refractivity contribution in [3.05, 3.63) is 32.8 Å². The van der Waals surface area contributed by atoms with E-state index in [9.17, 15) is 14.9 Å². The fraction of sp³-hybridized carbons (Fsp3) is 0.125. The number of carbonyl (C=O) groups excluding carboxylic acids is 1. The summed E-state index contributed by atoms with van der Waals surface area (Å²) >= 11 is 5.63. The number of carbonyl (C=O) groups is 1. The molecule has 0 bridgehead atoms. The van der Waals surface area contributed by atoms with Crippen molar-refractivity contribution in [2.24, 2.45) is 0 Å². The van der Waals surface area contributed by atoms with Crippen LogP contribution in [0, 0.1) is 17.0 Å². The maximum absolute atomic E-state index is 10.5. The Bertz CT molecular complexity index is 392. The van der Waals surface area contributed by atoms with Crippen molar-refractivity contribution < 1.29 is 9.72 Å². The van der Waals surface area contributed by atoms with Gasteiger partial charge in [-0.15, -0.1) is 0 Å². The molecule has 1 amide bonds. The molecule has 1 N–H and O–H groups in total. The summed E-state index contributed by atoms with van der Waals surface area (Å²) in [6.07, 6.45) is 0.491. The predicted molar refractivity (Wildman–Crippen MR) is 52.5 cm³/mol. The van der Waals surface area contributed by atoms with E-state index in [0.29, 0.717) is 17.7 Å². The number of aryl methyl sites for hydroxylation is 1. The van der Waals surface area contributed by atoms with Gasteiger partial charge in [0, 0.05) is 11.8 Å². The largest absolute Gasteiger partial charge is 0.328 e. The van der Waals surface area contributed by atoms with E-state index in [1.165, 1.54) is 12.1 Å². The number of hydrogen-bond donors (Lipinski definition) is 1. The van der Waals surface area contributed by atoms with E-state index in [0.717, 1.165) is 0 Å². The molecule has 6 heteroatoms. The number of rotatable bonds is 3. The Morgan fingerprint density at radius 3 is 2.71 bits per heavy atom. The minimum Gasteiger partial charge on any atom is -0.328 e. The van der Waals surface area contributed by atoms with E-state index >= 15 is 0 Å². The van der Waals surface area contributed by atoms with Crippen LogP contribution in [0.5, 0.6) is 0 Å². The van der Waals surface area contributed by atoms with Gasteiger partial charge in [0.1, 0.15) is 5.02 Å². The fourth-order valence-electron chi connectivity index (χ4n) is 1.03. The highest BCUT2D eigenvalue weighted by Crippen LogP contribution is 2.30. The van der Waals surface area contributed by atoms with E-state index < -0.39 is 4.92 Å². The van der Waals surface area contributed by atoms with Crippen molar-refractivity contribution in [1.29, 1.82) is 0 Å². The van der Waals surface area contributed by atoms with E-state index in [4.69, 9.17) is 11.6 Å². The number of benzene rings is 1. The van der Waals surface area contributed by atoms with E-state index in [-0.39, 0.29) is 10.7 Å². The standard InChI is InChI=1S/C8H7ClN2O3/c1-5-2-8(11(13)14)6(9)3-7(5)10-4-12/h2-4H,1H3,(H,10,12). The third kappa shape index (κ3) is 2.00. The van der Waals surface area contributed by atoms with Crippen LogP contribution in [0.3, 0.4) is 0 Å². The highest BCUT2D eigenvalue weighted by molar-refractivity contribution is 6.33. The molecule has 0 saturated carbocycles. The minimum atomic E-state index is -0.569. The van der Waals surface area contributed by atoms with Crippen molar-refractivity contribution in [3.63, 3.8) is 0 Å². The molecule has 1 aromatic carbocycles. The maximum atomic E-state index is 10.5. The first-order valence-electron chi connectivity index (χ1n) is 3.71. The van der Waals surface area contributed by atoms with Crippen LogP contribution in [0.1, 0.15) is 5.56 Å². The average Bonchev–Trinajstić information content (AvgIpc) is 2.10. The molecule has 1 rings (SSSR count). The summed E-state index contributed by atoms with van der Waals surface area (Å²) in [5.74, 6) is 0. The molecule has 0 aliphatic heterocycles. The van der Waals surface area contributed by atoms with Crippen LogP contribution in [0.4, 0.5) is 11.4 Å². The Labute approximate surface area is 84.8 Å². The molecule has 0 aromatic heterocycles. The molecule has 0 unspecified atom stereocenters. The number of hydrogen-bond acceptors (Lipinski definition) is 3. The summed E-state index contributed by atoms with van der Waals surface area (Å²) in [6, 6.07) is 2.66. The topological polar surface area (TPSA) is 72.2 Å². The second kappa shape index (κ2) is 4.06. The molecule has 0 spiro atoms. The van der Waals surface area contributed by atoms with Crippen molar-refractivity contribution in [2.45, 2.75) is 6.92 Å². The molecular formula is C8H7ClN2O3. The Morgan fingerprint density at radius 1 is 1.57 bits per heavy atom. The van der Waals surface area contributed by atoms with Gasteiger partial charge in [-0.25, -0.2) is 0 Å². The molecule has 5 nitrogen and oxygen atoms in total. The zero-order valence-corrected chi connectivity index (χ0v) is 8.04. The summed E-state index contributed by atoms with van der Waals surface area (Å²) in [5, 5.41) is 12.9. The SMILES string of the molecule is Cc1cc([N+](=O)[O-])c(Cl)cc1NC=O. The van der Waals surface area contributed by atoms with E-state index in [1.807, 2.05) is 0 Å². The number of nitrogens with one attached hydrogen (secondary N) is 1. The third-order valence-electron chi connectivity index (χ3n) is 1.70. The number of halogens is 1. The molecule has 14 heavy (non-hydrogen) atoms. The average molecular weight is 215 g/mol. The van der Waals surface area contributed by atoms with Gasteiger partial charge >= 0.3 is 0 Å². The lowest BCUT2D eigenvalue weighted by atomic mass is 10.2. The van der Waals surface area contributed by atoms with Gasteiger partial charge in [-0.1, -0.05) is 11.6 Å². The van der Waals surface area contributed by atoms with Crippen molar-refractivity contribution in [2.75, 3.05) is 5.32 Å². The number of amides is 1. The Hall–Kier alpha value is -1.62. The number of nitro groups is 1. The molecule has 0 radical (unpaired) electrons. The van der Waals surface area contributed by atoms with Crippen LogP contribution in [0.25, 0.3) is 0 Å². The summed E-state index contributed by atoms with van der Waals surface area (Å²) in [4.78, 5) is 20.1. The first kappa shape index (κ1) is 10.5. The third-order valence-corrected chi connectivity index (χ3v) is 2.01. The van der Waals surface area contributed by atoms with Crippen molar-refractivity contribution in [1.82, 2.24) is 0 Å². The van der Waals surface area contributed by atoms with Gasteiger partial charge in [0.15, 0.2) is 0 Å². The zero-order valence-electron chi connectivity index (χ0n) is 7.28. The van der Waals surface area contributed by atoms with Gasteiger partial charge < -0.3 is 5.32 Å². The second-order valence-corrected chi connectivity index (χ2v) is 3.05. The highest BCUT2D eigenvalue weighted by Gasteiger charge is 2.14. The van der Waals surface area contributed by atoms with Gasteiger partial charge in [-0.3, -0.25) is 14.9 Å². The molecule has 0 aliphatic carbocycles. The van der Waals surface area contributed by atoms with Crippen LogP contribution >= 0.6 is 11.6 Å². The quantitative estimate of drug-likeness (QED) is 0.476. The van der Waals surface area contributed by atoms with Crippen molar-refractivity contribution in [3.8, 4) is 0 Å². The predicted octanol–water partition coefficient (Wildman–Crippen LogP) is 2.12. The first-order valence-corrected chi connectivity index (χ1v) is 4.08. The molecule has 0 fully saturated rings. The van der Waals surface area contributed by atoms with Crippen LogP contribution in [0.15, 0.2) is 12.1 Å². The maximum Gasteiger partial charge on any atom is 0.288 e. The van der Waals surface area contributed by atoms with Crippen LogP contribution < -0.4 is 5.32 Å². The van der Waals surface area contributed by atoms with Crippen LogP contribution in [-0.2, 0) is 4.79 Å². The zero-order chi connectivity index (χ0) is 10.7. The Balaban J connectivity index is 3.23. The minimum absolute atomic E-state index is 0.00458. The van der Waals surface area contributed by atoms with E-state index in [1.54, 1.807) is 6.92 Å². The Kier molecular flexibility index (Phi) is 3.03. The first-order chi connectivity index (χ1) is 6.56. The summed E-state index contributed by atoms with van der Waals surface area (Å²) in [7, 11) is 0. The molecule has 0 saturated heterocycles. The number of anilines is 1. The lowest BCUT2D eigenvalue weighted by molar-refractivity contribution is -0.384. The Morgan fingerprint density at radius 2 is 2.21 bits per heavy atom. The monoisotopic (exact) mass is 214 g/mol. The lowest BCUT2D eigenvalue weighted by Gasteiger charge is -2.04. The molecule has 0 heterocycles. The van der Waals surface area contributed by atoms with Crippen molar-refractivity contribution >= 4 is 29.4 Å². The van der Waals surface area contributed by atoms with Gasteiger partial charge in [-0.2, -0.15) is 0 Å². The molecule has 0 aliphatic rings.